The number of anilines is 1. The maximum atomic E-state index is 12.4. The molecule has 1 aliphatic rings. The first-order valence-electron chi connectivity index (χ1n) is 9.92. The number of likely N-dealkylation sites (N-methyl/N-ethyl adjacent to an activating group) is 1. The molecule has 0 atom stereocenters. The van der Waals surface area contributed by atoms with E-state index in [0.29, 0.717) is 33.9 Å². The summed E-state index contributed by atoms with van der Waals surface area (Å²) in [5.41, 5.74) is 2.63. The van der Waals surface area contributed by atoms with Gasteiger partial charge in [0, 0.05) is 19.8 Å². The van der Waals surface area contributed by atoms with Crippen molar-refractivity contribution in [1.82, 2.24) is 4.90 Å². The third kappa shape index (κ3) is 5.83. The number of amidine groups is 1. The Kier molecular flexibility index (Phi) is 8.19. The number of halogens is 1. The minimum absolute atomic E-state index is 0.100. The van der Waals surface area contributed by atoms with Crippen molar-refractivity contribution in [3.8, 4) is 11.5 Å². The number of rotatable bonds is 7. The van der Waals surface area contributed by atoms with Crippen molar-refractivity contribution in [2.24, 2.45) is 4.99 Å². The Labute approximate surface area is 205 Å². The van der Waals surface area contributed by atoms with Crippen molar-refractivity contribution in [2.45, 2.75) is 13.8 Å². The van der Waals surface area contributed by atoms with Gasteiger partial charge in [-0.3, -0.25) is 19.5 Å². The number of benzene rings is 2. The molecule has 2 aromatic rings. The van der Waals surface area contributed by atoms with Gasteiger partial charge in [0.1, 0.15) is 0 Å². The molecule has 0 radical (unpaired) electrons. The maximum absolute atomic E-state index is 12.4. The molecule has 2 aromatic carbocycles. The van der Waals surface area contributed by atoms with E-state index in [4.69, 9.17) is 9.47 Å². The van der Waals surface area contributed by atoms with E-state index in [1.165, 1.54) is 16.7 Å². The van der Waals surface area contributed by atoms with Gasteiger partial charge in [-0.1, -0.05) is 17.7 Å². The van der Waals surface area contributed by atoms with Gasteiger partial charge in [-0.05, 0) is 84.1 Å². The summed E-state index contributed by atoms with van der Waals surface area (Å²) in [5.74, 6) is 0.645. The molecule has 0 unspecified atom stereocenters. The molecule has 1 N–H and O–H groups in total. The van der Waals surface area contributed by atoms with E-state index in [0.717, 1.165) is 14.7 Å². The van der Waals surface area contributed by atoms with Crippen LogP contribution in [-0.4, -0.2) is 49.2 Å². The Morgan fingerprint density at radius 3 is 2.59 bits per heavy atom. The Balaban J connectivity index is 1.77. The number of nitrogens with one attached hydrogen (secondary N) is 1. The van der Waals surface area contributed by atoms with E-state index < -0.39 is 0 Å². The second-order valence-electron chi connectivity index (χ2n) is 6.95. The molecule has 7 nitrogen and oxygen atoms in total. The van der Waals surface area contributed by atoms with E-state index in [-0.39, 0.29) is 18.4 Å². The fourth-order valence-corrected chi connectivity index (χ4v) is 4.65. The van der Waals surface area contributed by atoms with Gasteiger partial charge in [0.15, 0.2) is 23.3 Å². The third-order valence-corrected chi connectivity index (χ3v) is 6.46. The summed E-state index contributed by atoms with van der Waals surface area (Å²) in [5, 5.41) is 3.47. The lowest BCUT2D eigenvalue weighted by molar-refractivity contribution is -0.121. The summed E-state index contributed by atoms with van der Waals surface area (Å²) in [6, 6.07) is 11.2. The van der Waals surface area contributed by atoms with E-state index in [2.05, 4.69) is 32.9 Å². The molecule has 1 fully saturated rings. The quantitative estimate of drug-likeness (QED) is 0.394. The maximum Gasteiger partial charge on any atom is 0.266 e. The molecule has 1 heterocycles. The Morgan fingerprint density at radius 2 is 1.97 bits per heavy atom. The largest absolute Gasteiger partial charge is 0.490 e. The highest BCUT2D eigenvalue weighted by Gasteiger charge is 2.29. The molecule has 0 spiro atoms. The van der Waals surface area contributed by atoms with Crippen LogP contribution in [0.15, 0.2) is 46.3 Å². The average molecular weight is 565 g/mol. The van der Waals surface area contributed by atoms with Crippen LogP contribution in [-0.2, 0) is 9.59 Å². The van der Waals surface area contributed by atoms with Crippen LogP contribution in [0.1, 0.15) is 18.1 Å². The van der Waals surface area contributed by atoms with Crippen LogP contribution in [0.2, 0.25) is 0 Å². The van der Waals surface area contributed by atoms with Gasteiger partial charge in [-0.15, -0.1) is 0 Å². The van der Waals surface area contributed by atoms with Crippen LogP contribution >= 0.6 is 34.4 Å². The van der Waals surface area contributed by atoms with Crippen LogP contribution in [0.25, 0.3) is 6.08 Å². The van der Waals surface area contributed by atoms with E-state index in [9.17, 15) is 9.59 Å². The predicted octanol–water partition coefficient (Wildman–Crippen LogP) is 4.55. The molecule has 1 saturated heterocycles. The highest BCUT2D eigenvalue weighted by Crippen LogP contribution is 2.37. The number of hydrogen-bond donors (Lipinski definition) is 1. The van der Waals surface area contributed by atoms with Gasteiger partial charge < -0.3 is 14.8 Å². The number of thioether (sulfide) groups is 1. The number of amides is 2. The lowest BCUT2D eigenvalue weighted by Crippen LogP contribution is -2.23. The summed E-state index contributed by atoms with van der Waals surface area (Å²) in [6.45, 7) is 4.15. The van der Waals surface area contributed by atoms with Crippen LogP contribution in [0.3, 0.4) is 0 Å². The first-order valence-corrected chi connectivity index (χ1v) is 11.8. The molecule has 0 aliphatic carbocycles. The lowest BCUT2D eigenvalue weighted by atomic mass is 10.2. The fourth-order valence-electron chi connectivity index (χ4n) is 2.95. The van der Waals surface area contributed by atoms with Crippen molar-refractivity contribution in [2.75, 3.05) is 32.6 Å². The monoisotopic (exact) mass is 565 g/mol. The second kappa shape index (κ2) is 10.9. The molecule has 3 rings (SSSR count). The van der Waals surface area contributed by atoms with E-state index in [1.807, 2.05) is 44.2 Å². The highest BCUT2D eigenvalue weighted by atomic mass is 127. The van der Waals surface area contributed by atoms with Gasteiger partial charge in [0.05, 0.1) is 15.1 Å². The van der Waals surface area contributed by atoms with Crippen LogP contribution in [0, 0.1) is 10.5 Å². The summed E-state index contributed by atoms with van der Waals surface area (Å²) in [7, 11) is 3.36. The molecule has 168 valence electrons. The van der Waals surface area contributed by atoms with Crippen LogP contribution in [0.4, 0.5) is 5.69 Å². The zero-order valence-corrected chi connectivity index (χ0v) is 21.2. The molecule has 0 saturated carbocycles. The van der Waals surface area contributed by atoms with Crippen molar-refractivity contribution >= 4 is 63.1 Å². The van der Waals surface area contributed by atoms with E-state index in [1.54, 1.807) is 26.2 Å². The summed E-state index contributed by atoms with van der Waals surface area (Å²) < 4.78 is 12.3. The SMILES string of the molecule is CCOc1cc(/C=C2/SC(=NC)N(C)C2=O)cc(I)c1OCC(=O)Nc1ccc(C)cc1. The van der Waals surface area contributed by atoms with Crippen molar-refractivity contribution in [3.05, 3.63) is 56.0 Å². The minimum Gasteiger partial charge on any atom is -0.490 e. The number of hydrogen-bond acceptors (Lipinski definition) is 6. The van der Waals surface area contributed by atoms with Crippen molar-refractivity contribution in [3.63, 3.8) is 0 Å². The minimum atomic E-state index is -0.263. The summed E-state index contributed by atoms with van der Waals surface area (Å²) >= 11 is 3.47. The van der Waals surface area contributed by atoms with Crippen molar-refractivity contribution in [1.29, 1.82) is 0 Å². The first-order chi connectivity index (χ1) is 15.3. The number of carbonyl (C=O) groups excluding carboxylic acids is 2. The van der Waals surface area contributed by atoms with Crippen LogP contribution in [0.5, 0.6) is 11.5 Å². The molecular formula is C23H24IN3O4S. The average Bonchev–Trinajstić information content (AvgIpc) is 3.03. The number of ether oxygens (including phenoxy) is 2. The standard InChI is InChI=1S/C23H24IN3O4S/c1-5-30-18-11-15(12-19-22(29)27(4)23(25-3)32-19)10-17(24)21(18)31-13-20(28)26-16-8-6-14(2)7-9-16/h6-12H,5,13H2,1-4H3,(H,26,28)/b19-12+,25-23?. The van der Waals surface area contributed by atoms with Gasteiger partial charge >= 0.3 is 0 Å². The zero-order chi connectivity index (χ0) is 23.3. The first kappa shape index (κ1) is 24.1. The molecule has 0 bridgehead atoms. The molecule has 1 aliphatic heterocycles. The highest BCUT2D eigenvalue weighted by molar-refractivity contribution is 14.1. The number of nitrogens with zero attached hydrogens (tertiary/aromatic N) is 2. The Hall–Kier alpha value is -2.53. The summed E-state index contributed by atoms with van der Waals surface area (Å²) in [4.78, 5) is 31.0. The van der Waals surface area contributed by atoms with Gasteiger partial charge in [0.2, 0.25) is 0 Å². The van der Waals surface area contributed by atoms with Crippen molar-refractivity contribution < 1.29 is 19.1 Å². The fraction of sp³-hybridized carbons (Fsp3) is 0.261. The summed E-state index contributed by atoms with van der Waals surface area (Å²) in [6.07, 6.45) is 1.81. The molecular weight excluding hydrogens is 541 g/mol. The Morgan fingerprint density at radius 1 is 1.25 bits per heavy atom. The molecule has 2 amide bonds. The normalized spacial score (nSPS) is 16.0. The smallest absolute Gasteiger partial charge is 0.266 e. The zero-order valence-electron chi connectivity index (χ0n) is 18.3. The van der Waals surface area contributed by atoms with Crippen LogP contribution < -0.4 is 14.8 Å². The van der Waals surface area contributed by atoms with Gasteiger partial charge in [0.25, 0.3) is 11.8 Å². The molecule has 9 heteroatoms. The Bertz CT molecular complexity index is 1080. The van der Waals surface area contributed by atoms with E-state index >= 15 is 0 Å². The number of aliphatic imine (C=N–C) groups is 1. The topological polar surface area (TPSA) is 80.2 Å². The lowest BCUT2D eigenvalue weighted by Gasteiger charge is -2.15. The van der Waals surface area contributed by atoms with Gasteiger partial charge in [-0.2, -0.15) is 0 Å². The molecule has 0 aromatic heterocycles. The molecule has 32 heavy (non-hydrogen) atoms. The van der Waals surface area contributed by atoms with Gasteiger partial charge in [-0.25, -0.2) is 0 Å². The predicted molar refractivity (Wildman–Crippen MR) is 137 cm³/mol. The third-order valence-electron chi connectivity index (χ3n) is 4.51. The second-order valence-corrected chi connectivity index (χ2v) is 9.12. The number of carbonyl (C=O) groups is 2. The number of aryl methyl sites for hydroxylation is 1.